The fourth-order valence-corrected chi connectivity index (χ4v) is 1.73. The molecule has 0 fully saturated rings. The van der Waals surface area contributed by atoms with Crippen LogP contribution < -0.4 is 5.01 Å². The molecule has 0 aliphatic carbocycles. The van der Waals surface area contributed by atoms with Crippen LogP contribution in [0.5, 0.6) is 0 Å². The summed E-state index contributed by atoms with van der Waals surface area (Å²) in [5.74, 6) is 0. The monoisotopic (exact) mass is 204 g/mol. The highest BCUT2D eigenvalue weighted by atomic mass is 15.5. The van der Waals surface area contributed by atoms with E-state index in [1.807, 2.05) is 32.0 Å². The number of anilines is 1. The topological polar surface area (TPSA) is 15.6 Å². The third-order valence-corrected chi connectivity index (χ3v) is 2.31. The molecule has 0 saturated heterocycles. The average molecular weight is 204 g/mol. The minimum atomic E-state index is 0.502. The molecular weight excluding hydrogens is 184 g/mol. The highest BCUT2D eigenvalue weighted by Crippen LogP contribution is 2.23. The fraction of sp³-hybridized carbons (Fsp3) is 0.462. The predicted octanol–water partition coefficient (Wildman–Crippen LogP) is 3.69. The molecule has 2 heteroatoms. The number of benzene rings is 1. The van der Waals surface area contributed by atoms with Gasteiger partial charge >= 0.3 is 0 Å². The van der Waals surface area contributed by atoms with Crippen LogP contribution in [0.25, 0.3) is 0 Å². The third kappa shape index (κ3) is 2.82. The van der Waals surface area contributed by atoms with Crippen molar-refractivity contribution in [3.05, 3.63) is 30.3 Å². The molecule has 1 aromatic rings. The molecule has 2 rings (SSSR count). The SMILES string of the molecule is CC.CC1=NN(c2ccccc2)C(C)C1. The van der Waals surface area contributed by atoms with Crippen molar-refractivity contribution in [1.29, 1.82) is 0 Å². The van der Waals surface area contributed by atoms with Crippen LogP contribution in [-0.4, -0.2) is 11.8 Å². The first-order chi connectivity index (χ1) is 7.27. The van der Waals surface area contributed by atoms with Gasteiger partial charge in [-0.2, -0.15) is 5.10 Å². The van der Waals surface area contributed by atoms with Crippen LogP contribution >= 0.6 is 0 Å². The van der Waals surface area contributed by atoms with Gasteiger partial charge in [0.1, 0.15) is 0 Å². The van der Waals surface area contributed by atoms with E-state index in [0.717, 1.165) is 6.42 Å². The predicted molar refractivity (Wildman–Crippen MR) is 67.5 cm³/mol. The van der Waals surface area contributed by atoms with Crippen molar-refractivity contribution < 1.29 is 0 Å². The van der Waals surface area contributed by atoms with Gasteiger partial charge in [-0.05, 0) is 26.0 Å². The van der Waals surface area contributed by atoms with Crippen LogP contribution in [0.4, 0.5) is 5.69 Å². The second-order valence-corrected chi connectivity index (χ2v) is 3.57. The van der Waals surface area contributed by atoms with Crippen molar-refractivity contribution in [2.75, 3.05) is 5.01 Å². The molecule has 1 aliphatic heterocycles. The smallest absolute Gasteiger partial charge is 0.0597 e. The van der Waals surface area contributed by atoms with E-state index in [9.17, 15) is 0 Å². The molecule has 82 valence electrons. The van der Waals surface area contributed by atoms with Gasteiger partial charge in [0.05, 0.1) is 11.7 Å². The molecule has 1 unspecified atom stereocenters. The molecule has 0 amide bonds. The summed E-state index contributed by atoms with van der Waals surface area (Å²) in [6, 6.07) is 10.8. The molecule has 2 nitrogen and oxygen atoms in total. The van der Waals surface area contributed by atoms with Crippen LogP contribution in [0.15, 0.2) is 35.4 Å². The molecule has 0 N–H and O–H groups in total. The number of hydrogen-bond acceptors (Lipinski definition) is 2. The summed E-state index contributed by atoms with van der Waals surface area (Å²) in [6.07, 6.45) is 1.08. The van der Waals surface area contributed by atoms with Crippen molar-refractivity contribution in [2.45, 2.75) is 40.2 Å². The van der Waals surface area contributed by atoms with Gasteiger partial charge < -0.3 is 0 Å². The van der Waals surface area contributed by atoms with Crippen LogP contribution in [0.1, 0.15) is 34.1 Å². The van der Waals surface area contributed by atoms with E-state index in [1.165, 1.54) is 11.4 Å². The third-order valence-electron chi connectivity index (χ3n) is 2.31. The first kappa shape index (κ1) is 11.8. The van der Waals surface area contributed by atoms with E-state index >= 15 is 0 Å². The van der Waals surface area contributed by atoms with Crippen LogP contribution in [0.3, 0.4) is 0 Å². The Morgan fingerprint density at radius 3 is 2.27 bits per heavy atom. The second kappa shape index (κ2) is 5.54. The van der Waals surface area contributed by atoms with Gasteiger partial charge in [-0.3, -0.25) is 5.01 Å². The van der Waals surface area contributed by atoms with Gasteiger partial charge in [-0.25, -0.2) is 0 Å². The lowest BCUT2D eigenvalue weighted by Gasteiger charge is -2.19. The summed E-state index contributed by atoms with van der Waals surface area (Å²) in [5, 5.41) is 6.58. The van der Waals surface area contributed by atoms with Crippen LogP contribution in [-0.2, 0) is 0 Å². The Morgan fingerprint density at radius 2 is 1.80 bits per heavy atom. The lowest BCUT2D eigenvalue weighted by atomic mass is 10.2. The quantitative estimate of drug-likeness (QED) is 0.681. The summed E-state index contributed by atoms with van der Waals surface area (Å²) in [4.78, 5) is 0. The number of para-hydroxylation sites is 1. The summed E-state index contributed by atoms with van der Waals surface area (Å²) in [6.45, 7) is 8.28. The Kier molecular flexibility index (Phi) is 4.35. The molecule has 1 aromatic carbocycles. The normalized spacial score (nSPS) is 19.3. The summed E-state index contributed by atoms with van der Waals surface area (Å²) < 4.78 is 0. The van der Waals surface area contributed by atoms with Crippen molar-refractivity contribution in [2.24, 2.45) is 5.10 Å². The Morgan fingerprint density at radius 1 is 1.20 bits per heavy atom. The van der Waals surface area contributed by atoms with Gasteiger partial charge in [0.2, 0.25) is 0 Å². The van der Waals surface area contributed by atoms with Gasteiger partial charge in [0.15, 0.2) is 0 Å². The van der Waals surface area contributed by atoms with Crippen molar-refractivity contribution in [3.8, 4) is 0 Å². The molecular formula is C13H20N2. The second-order valence-electron chi connectivity index (χ2n) is 3.57. The molecule has 1 atom stereocenters. The van der Waals surface area contributed by atoms with E-state index in [-0.39, 0.29) is 0 Å². The van der Waals surface area contributed by atoms with E-state index < -0.39 is 0 Å². The Balaban J connectivity index is 0.000000531. The molecule has 0 saturated carbocycles. The van der Waals surface area contributed by atoms with E-state index in [2.05, 4.69) is 36.1 Å². The zero-order valence-corrected chi connectivity index (χ0v) is 10.1. The summed E-state index contributed by atoms with van der Waals surface area (Å²) in [5.41, 5.74) is 2.41. The number of rotatable bonds is 1. The lowest BCUT2D eigenvalue weighted by Crippen LogP contribution is -2.22. The summed E-state index contributed by atoms with van der Waals surface area (Å²) in [7, 11) is 0. The molecule has 0 spiro atoms. The standard InChI is InChI=1S/C11H14N2.C2H6/c1-9-8-10(2)13(12-9)11-6-4-3-5-7-11;1-2/h3-7,10H,8H2,1-2H3;1-2H3. The molecule has 0 aromatic heterocycles. The van der Waals surface area contributed by atoms with Crippen molar-refractivity contribution in [1.82, 2.24) is 0 Å². The number of hydrazone groups is 1. The molecule has 0 radical (unpaired) electrons. The lowest BCUT2D eigenvalue weighted by molar-refractivity contribution is 0.724. The van der Waals surface area contributed by atoms with E-state index in [4.69, 9.17) is 0 Å². The zero-order chi connectivity index (χ0) is 11.3. The number of nitrogens with zero attached hydrogens (tertiary/aromatic N) is 2. The maximum absolute atomic E-state index is 4.49. The maximum atomic E-state index is 4.49. The van der Waals surface area contributed by atoms with Gasteiger partial charge in [0.25, 0.3) is 0 Å². The minimum absolute atomic E-state index is 0.502. The van der Waals surface area contributed by atoms with Crippen molar-refractivity contribution >= 4 is 11.4 Å². The van der Waals surface area contributed by atoms with Crippen LogP contribution in [0, 0.1) is 0 Å². The van der Waals surface area contributed by atoms with Crippen molar-refractivity contribution in [3.63, 3.8) is 0 Å². The Hall–Kier alpha value is -1.31. The van der Waals surface area contributed by atoms with E-state index in [1.54, 1.807) is 0 Å². The maximum Gasteiger partial charge on any atom is 0.0597 e. The number of hydrogen-bond donors (Lipinski definition) is 0. The Bertz CT molecular complexity index is 317. The van der Waals surface area contributed by atoms with Gasteiger partial charge in [-0.15, -0.1) is 0 Å². The largest absolute Gasteiger partial charge is 0.262 e. The molecule has 0 bridgehead atoms. The zero-order valence-electron chi connectivity index (χ0n) is 10.1. The minimum Gasteiger partial charge on any atom is -0.262 e. The fourth-order valence-electron chi connectivity index (χ4n) is 1.73. The first-order valence-electron chi connectivity index (χ1n) is 5.66. The van der Waals surface area contributed by atoms with Crippen LogP contribution in [0.2, 0.25) is 0 Å². The highest BCUT2D eigenvalue weighted by molar-refractivity contribution is 5.86. The average Bonchev–Trinajstić information content (AvgIpc) is 2.62. The summed E-state index contributed by atoms with van der Waals surface area (Å²) >= 11 is 0. The molecule has 1 heterocycles. The first-order valence-corrected chi connectivity index (χ1v) is 5.66. The molecule has 1 aliphatic rings. The molecule has 15 heavy (non-hydrogen) atoms. The Labute approximate surface area is 92.6 Å². The van der Waals surface area contributed by atoms with E-state index in [0.29, 0.717) is 6.04 Å². The van der Waals surface area contributed by atoms with Gasteiger partial charge in [-0.1, -0.05) is 32.0 Å². The highest BCUT2D eigenvalue weighted by Gasteiger charge is 2.20. The van der Waals surface area contributed by atoms with Gasteiger partial charge in [0, 0.05) is 12.1 Å².